The molecule has 0 atom stereocenters. The lowest BCUT2D eigenvalue weighted by molar-refractivity contribution is 0.388. The summed E-state index contributed by atoms with van der Waals surface area (Å²) in [6.45, 7) is 5.21. The molecule has 6 nitrogen and oxygen atoms in total. The van der Waals surface area contributed by atoms with E-state index in [9.17, 15) is 19.5 Å². The third-order valence-electron chi connectivity index (χ3n) is 3.39. The maximum atomic E-state index is 11.8. The highest BCUT2D eigenvalue weighted by Gasteiger charge is 2.24. The molecule has 0 amide bonds. The Bertz CT molecular complexity index is 771. The van der Waals surface area contributed by atoms with Gasteiger partial charge in [0.25, 0.3) is 0 Å². The molecule has 0 fully saturated rings. The number of aromatic hydroxyl groups is 1. The third-order valence-corrected chi connectivity index (χ3v) is 4.40. The number of nitrogens with zero attached hydrogens (tertiary/aromatic N) is 1. The van der Waals surface area contributed by atoms with Crippen molar-refractivity contribution in [3.8, 4) is 5.75 Å². The predicted octanol–water partition coefficient (Wildman–Crippen LogP) is 3.30. The van der Waals surface area contributed by atoms with Gasteiger partial charge in [-0.15, -0.1) is 0 Å². The molecular formula is C16H19N2O4P. The normalized spacial score (nSPS) is 12.3. The summed E-state index contributed by atoms with van der Waals surface area (Å²) in [5.74, 6) is 0.120. The molecule has 0 bridgehead atoms. The Morgan fingerprint density at radius 2 is 1.78 bits per heavy atom. The molecule has 0 aliphatic heterocycles. The minimum absolute atomic E-state index is 0.120. The molecule has 0 spiro atoms. The number of aryl methyl sites for hydroxylation is 3. The molecule has 0 aliphatic carbocycles. The van der Waals surface area contributed by atoms with Gasteiger partial charge in [-0.2, -0.15) is 0 Å². The molecule has 1 heterocycles. The van der Waals surface area contributed by atoms with Gasteiger partial charge in [-0.25, -0.2) is 0 Å². The van der Waals surface area contributed by atoms with Crippen LogP contribution in [0.4, 0.5) is 5.69 Å². The average molecular weight is 334 g/mol. The number of pyridine rings is 1. The van der Waals surface area contributed by atoms with Crippen LogP contribution in [0.3, 0.4) is 0 Å². The molecule has 1 aromatic carbocycles. The van der Waals surface area contributed by atoms with Crippen molar-refractivity contribution in [1.82, 2.24) is 4.98 Å². The Labute approximate surface area is 134 Å². The quantitative estimate of drug-likeness (QED) is 0.640. The van der Waals surface area contributed by atoms with Crippen LogP contribution in [0, 0.1) is 20.8 Å². The molecule has 0 saturated heterocycles. The topological polar surface area (TPSA) is 103 Å². The minimum atomic E-state index is -4.50. The van der Waals surface area contributed by atoms with E-state index in [1.165, 1.54) is 6.20 Å². The second-order valence-corrected chi connectivity index (χ2v) is 6.93. The first-order valence-corrected chi connectivity index (χ1v) is 8.56. The number of phenolic OH excluding ortho intramolecular Hbond substituents is 1. The van der Waals surface area contributed by atoms with Gasteiger partial charge in [0, 0.05) is 11.9 Å². The fraction of sp³-hybridized carbons (Fsp3) is 0.188. The molecule has 0 radical (unpaired) electrons. The Morgan fingerprint density at radius 1 is 1.17 bits per heavy atom. The molecular weight excluding hydrogens is 315 g/mol. The molecule has 122 valence electrons. The number of hydrogen-bond donors (Lipinski definition) is 4. The van der Waals surface area contributed by atoms with Gasteiger partial charge in [-0.05, 0) is 61.7 Å². The van der Waals surface area contributed by atoms with Crippen molar-refractivity contribution in [2.24, 2.45) is 0 Å². The number of rotatable bonds is 4. The van der Waals surface area contributed by atoms with Gasteiger partial charge in [-0.1, -0.05) is 0 Å². The maximum Gasteiger partial charge on any atom is 0.358 e. The van der Waals surface area contributed by atoms with Gasteiger partial charge in [0.05, 0.1) is 17.2 Å². The highest BCUT2D eigenvalue weighted by atomic mass is 31.2. The summed E-state index contributed by atoms with van der Waals surface area (Å²) < 4.78 is 11.8. The van der Waals surface area contributed by atoms with Crippen LogP contribution in [0.25, 0.3) is 5.31 Å². The monoisotopic (exact) mass is 334 g/mol. The van der Waals surface area contributed by atoms with Crippen LogP contribution in [-0.4, -0.2) is 19.9 Å². The molecule has 0 unspecified atom stereocenters. The number of phenols is 1. The van der Waals surface area contributed by atoms with Gasteiger partial charge in [0.2, 0.25) is 0 Å². The van der Waals surface area contributed by atoms with Crippen LogP contribution in [0.2, 0.25) is 0 Å². The summed E-state index contributed by atoms with van der Waals surface area (Å²) >= 11 is 0. The average Bonchev–Trinajstić information content (AvgIpc) is 2.45. The summed E-state index contributed by atoms with van der Waals surface area (Å²) in [6, 6.07) is 6.65. The van der Waals surface area contributed by atoms with Crippen molar-refractivity contribution in [3.63, 3.8) is 0 Å². The lowest BCUT2D eigenvalue weighted by Gasteiger charge is -2.13. The van der Waals surface area contributed by atoms with Crippen LogP contribution < -0.4 is 5.32 Å². The van der Waals surface area contributed by atoms with E-state index in [4.69, 9.17) is 0 Å². The van der Waals surface area contributed by atoms with Gasteiger partial charge in [0.1, 0.15) is 5.75 Å². The zero-order chi connectivity index (χ0) is 17.2. The number of anilines is 1. The van der Waals surface area contributed by atoms with E-state index >= 15 is 0 Å². The highest BCUT2D eigenvalue weighted by Crippen LogP contribution is 2.51. The van der Waals surface area contributed by atoms with E-state index in [1.54, 1.807) is 44.3 Å². The Hall–Kier alpha value is -2.14. The minimum Gasteiger partial charge on any atom is -0.507 e. The van der Waals surface area contributed by atoms with E-state index in [0.717, 1.165) is 5.69 Å². The van der Waals surface area contributed by atoms with Crippen LogP contribution in [0.5, 0.6) is 5.75 Å². The van der Waals surface area contributed by atoms with Crippen LogP contribution in [0.15, 0.2) is 36.7 Å². The zero-order valence-corrected chi connectivity index (χ0v) is 14.0. The molecule has 7 heteroatoms. The maximum absolute atomic E-state index is 11.8. The molecule has 23 heavy (non-hydrogen) atoms. The standard InChI is InChI=1S/C16H19N2O4P/c1-10-6-13(7-11(2)16(10)19)15(23(20,21)22)9-18-14-5-4-12(3)17-8-14/h4-9,18-19H,1-3H3,(H2,20,21,22). The molecule has 2 aromatic rings. The molecule has 4 N–H and O–H groups in total. The van der Waals surface area contributed by atoms with Crippen molar-refractivity contribution in [1.29, 1.82) is 0 Å². The Morgan fingerprint density at radius 3 is 2.26 bits per heavy atom. The smallest absolute Gasteiger partial charge is 0.358 e. The summed E-state index contributed by atoms with van der Waals surface area (Å²) in [7, 11) is -4.50. The second-order valence-electron chi connectivity index (χ2n) is 5.36. The van der Waals surface area contributed by atoms with E-state index in [1.807, 2.05) is 6.92 Å². The van der Waals surface area contributed by atoms with Gasteiger partial charge >= 0.3 is 7.60 Å². The van der Waals surface area contributed by atoms with Crippen LogP contribution in [-0.2, 0) is 4.57 Å². The zero-order valence-electron chi connectivity index (χ0n) is 13.1. The lowest BCUT2D eigenvalue weighted by Crippen LogP contribution is -1.96. The van der Waals surface area contributed by atoms with E-state index in [2.05, 4.69) is 10.3 Å². The highest BCUT2D eigenvalue weighted by molar-refractivity contribution is 7.63. The van der Waals surface area contributed by atoms with E-state index < -0.39 is 7.60 Å². The number of hydrogen-bond acceptors (Lipinski definition) is 4. The molecule has 0 aliphatic rings. The van der Waals surface area contributed by atoms with E-state index in [0.29, 0.717) is 22.4 Å². The first kappa shape index (κ1) is 17.2. The summed E-state index contributed by atoms with van der Waals surface area (Å²) in [5, 5.41) is 12.5. The van der Waals surface area contributed by atoms with Gasteiger partial charge < -0.3 is 20.2 Å². The van der Waals surface area contributed by atoms with Crippen molar-refractivity contribution in [3.05, 3.63) is 59.0 Å². The van der Waals surface area contributed by atoms with Crippen molar-refractivity contribution < 1.29 is 19.5 Å². The molecule has 0 saturated carbocycles. The van der Waals surface area contributed by atoms with Crippen molar-refractivity contribution in [2.75, 3.05) is 5.32 Å². The Kier molecular flexibility index (Phi) is 4.90. The number of aromatic nitrogens is 1. The molecule has 1 aromatic heterocycles. The van der Waals surface area contributed by atoms with Gasteiger partial charge in [-0.3, -0.25) is 9.55 Å². The summed E-state index contributed by atoms with van der Waals surface area (Å²) in [6.07, 6.45) is 2.86. The fourth-order valence-electron chi connectivity index (χ4n) is 2.14. The van der Waals surface area contributed by atoms with Crippen molar-refractivity contribution in [2.45, 2.75) is 20.8 Å². The van der Waals surface area contributed by atoms with Crippen LogP contribution in [0.1, 0.15) is 22.4 Å². The van der Waals surface area contributed by atoms with Crippen molar-refractivity contribution >= 4 is 18.6 Å². The first-order valence-electron chi connectivity index (χ1n) is 6.94. The largest absolute Gasteiger partial charge is 0.507 e. The predicted molar refractivity (Wildman–Crippen MR) is 90.2 cm³/mol. The van der Waals surface area contributed by atoms with E-state index in [-0.39, 0.29) is 11.1 Å². The fourth-order valence-corrected chi connectivity index (χ4v) is 2.84. The second kappa shape index (κ2) is 6.54. The SMILES string of the molecule is Cc1ccc(NC=C(c2cc(C)c(O)c(C)c2)P(=O)(O)O)cn1. The Balaban J connectivity index is 2.44. The summed E-state index contributed by atoms with van der Waals surface area (Å²) in [4.78, 5) is 23.4. The molecule has 2 rings (SSSR count). The number of benzene rings is 1. The van der Waals surface area contributed by atoms with Gasteiger partial charge in [0.15, 0.2) is 0 Å². The number of nitrogens with one attached hydrogen (secondary N) is 1. The lowest BCUT2D eigenvalue weighted by atomic mass is 10.1. The first-order chi connectivity index (χ1) is 10.7. The summed E-state index contributed by atoms with van der Waals surface area (Å²) in [5.41, 5.74) is 2.93. The van der Waals surface area contributed by atoms with Crippen LogP contribution >= 0.6 is 7.60 Å². The third kappa shape index (κ3) is 4.20.